The zero-order valence-electron chi connectivity index (χ0n) is 17.3. The lowest BCUT2D eigenvalue weighted by atomic mass is 10.2. The first-order chi connectivity index (χ1) is 14.8. The molecule has 9 nitrogen and oxygen atoms in total. The second kappa shape index (κ2) is 9.52. The average Bonchev–Trinajstić information content (AvgIpc) is 3.08. The minimum atomic E-state index is -0.502. The zero-order chi connectivity index (χ0) is 22.5. The molecule has 162 valence electrons. The molecule has 0 unspecified atom stereocenters. The van der Waals surface area contributed by atoms with Crippen molar-refractivity contribution < 1.29 is 23.9 Å². The van der Waals surface area contributed by atoms with E-state index in [2.05, 4.69) is 10.3 Å². The highest BCUT2D eigenvalue weighted by Crippen LogP contribution is 2.27. The van der Waals surface area contributed by atoms with Crippen LogP contribution in [0.3, 0.4) is 0 Å². The van der Waals surface area contributed by atoms with Crippen molar-refractivity contribution in [3.63, 3.8) is 0 Å². The van der Waals surface area contributed by atoms with E-state index >= 15 is 0 Å². The van der Waals surface area contributed by atoms with Gasteiger partial charge in [0.05, 0.1) is 30.5 Å². The van der Waals surface area contributed by atoms with Crippen LogP contribution >= 0.6 is 11.3 Å². The summed E-state index contributed by atoms with van der Waals surface area (Å²) in [7, 11) is 0. The van der Waals surface area contributed by atoms with Gasteiger partial charge >= 0.3 is 11.9 Å². The van der Waals surface area contributed by atoms with E-state index in [0.29, 0.717) is 31.9 Å². The molecule has 2 heterocycles. The van der Waals surface area contributed by atoms with Gasteiger partial charge in [-0.3, -0.25) is 14.2 Å². The molecule has 0 saturated carbocycles. The maximum Gasteiger partial charge on any atom is 0.348 e. The number of esters is 2. The van der Waals surface area contributed by atoms with Crippen molar-refractivity contribution in [2.75, 3.05) is 18.5 Å². The number of carbonyl (C=O) groups is 3. The molecule has 0 saturated heterocycles. The van der Waals surface area contributed by atoms with Crippen molar-refractivity contribution >= 4 is 45.1 Å². The molecule has 1 N–H and O–H groups in total. The lowest BCUT2D eigenvalue weighted by Crippen LogP contribution is -2.28. The van der Waals surface area contributed by atoms with Gasteiger partial charge in [-0.25, -0.2) is 14.6 Å². The molecule has 0 radical (unpaired) electrons. The van der Waals surface area contributed by atoms with Gasteiger partial charge in [0.1, 0.15) is 16.3 Å². The van der Waals surface area contributed by atoms with Crippen molar-refractivity contribution in [3.8, 4) is 0 Å². The van der Waals surface area contributed by atoms with E-state index in [1.807, 2.05) is 0 Å². The summed E-state index contributed by atoms with van der Waals surface area (Å²) in [6.45, 7) is 5.32. The third kappa shape index (κ3) is 4.80. The second-order valence-electron chi connectivity index (χ2n) is 6.48. The Balaban J connectivity index is 1.77. The number of benzene rings is 1. The predicted molar refractivity (Wildman–Crippen MR) is 116 cm³/mol. The number of nitrogens with one attached hydrogen (secondary N) is 1. The average molecular weight is 443 g/mol. The molecule has 1 amide bonds. The topological polar surface area (TPSA) is 117 Å². The van der Waals surface area contributed by atoms with E-state index in [0.717, 1.165) is 11.3 Å². The van der Waals surface area contributed by atoms with Crippen LogP contribution in [0.1, 0.15) is 39.4 Å². The Bertz CT molecular complexity index is 1200. The van der Waals surface area contributed by atoms with Crippen LogP contribution in [0.2, 0.25) is 0 Å². The fraction of sp³-hybridized carbons (Fsp3) is 0.286. The number of nitrogens with zero attached hydrogens (tertiary/aromatic N) is 2. The summed E-state index contributed by atoms with van der Waals surface area (Å²) in [5.41, 5.74) is 0.912. The van der Waals surface area contributed by atoms with Crippen LogP contribution in [0.25, 0.3) is 10.2 Å². The molecule has 0 atom stereocenters. The van der Waals surface area contributed by atoms with Gasteiger partial charge in [-0.1, -0.05) is 0 Å². The van der Waals surface area contributed by atoms with Crippen molar-refractivity contribution in [3.05, 3.63) is 57.0 Å². The Hall–Kier alpha value is -3.53. The summed E-state index contributed by atoms with van der Waals surface area (Å²) in [5, 5.41) is 2.96. The molecule has 0 aliphatic heterocycles. The van der Waals surface area contributed by atoms with Crippen LogP contribution in [0.4, 0.5) is 5.69 Å². The molecule has 2 aromatic heterocycles. The lowest BCUT2D eigenvalue weighted by molar-refractivity contribution is -0.116. The summed E-state index contributed by atoms with van der Waals surface area (Å²) in [6.07, 6.45) is 1.28. The molecule has 0 aliphatic rings. The largest absolute Gasteiger partial charge is 0.462 e. The Morgan fingerprint density at radius 2 is 1.71 bits per heavy atom. The van der Waals surface area contributed by atoms with Crippen LogP contribution in [0.15, 0.2) is 35.4 Å². The first-order valence-corrected chi connectivity index (χ1v) is 10.4. The van der Waals surface area contributed by atoms with Crippen LogP contribution < -0.4 is 10.9 Å². The molecule has 3 rings (SSSR count). The van der Waals surface area contributed by atoms with Crippen molar-refractivity contribution in [1.29, 1.82) is 0 Å². The first kappa shape index (κ1) is 22.2. The first-order valence-electron chi connectivity index (χ1n) is 9.58. The molecule has 3 aromatic rings. The molecule has 0 bridgehead atoms. The monoisotopic (exact) mass is 443 g/mol. The second-order valence-corrected chi connectivity index (χ2v) is 7.48. The van der Waals surface area contributed by atoms with Crippen molar-refractivity contribution in [1.82, 2.24) is 9.55 Å². The number of fused-ring (bicyclic) bond motifs is 1. The van der Waals surface area contributed by atoms with Gasteiger partial charge < -0.3 is 14.8 Å². The van der Waals surface area contributed by atoms with Crippen LogP contribution in [-0.4, -0.2) is 40.6 Å². The van der Waals surface area contributed by atoms with Gasteiger partial charge in [-0.05, 0) is 50.6 Å². The summed E-state index contributed by atoms with van der Waals surface area (Å²) in [5.74, 6) is -1.39. The summed E-state index contributed by atoms with van der Waals surface area (Å²) < 4.78 is 11.1. The van der Waals surface area contributed by atoms with Gasteiger partial charge in [0, 0.05) is 5.69 Å². The predicted octanol–water partition coefficient (Wildman–Crippen LogP) is 2.76. The zero-order valence-corrected chi connectivity index (χ0v) is 18.1. The minimum absolute atomic E-state index is 0.227. The molecule has 0 fully saturated rings. The summed E-state index contributed by atoms with van der Waals surface area (Å²) in [4.78, 5) is 54.0. The maximum absolute atomic E-state index is 12.9. The van der Waals surface area contributed by atoms with Gasteiger partial charge in [0.2, 0.25) is 5.91 Å². The van der Waals surface area contributed by atoms with Crippen LogP contribution in [0, 0.1) is 6.92 Å². The number of ether oxygens (including phenoxy) is 2. The summed E-state index contributed by atoms with van der Waals surface area (Å²) >= 11 is 1.09. The third-order valence-electron chi connectivity index (χ3n) is 4.37. The number of carbonyl (C=O) groups excluding carboxylic acids is 3. The number of aryl methyl sites for hydroxylation is 1. The lowest BCUT2D eigenvalue weighted by Gasteiger charge is -2.08. The molecule has 10 heteroatoms. The number of thiophene rings is 1. The molecule has 0 aliphatic carbocycles. The van der Waals surface area contributed by atoms with Gasteiger partial charge in [0.15, 0.2) is 0 Å². The number of amides is 1. The Labute approximate surface area is 181 Å². The van der Waals surface area contributed by atoms with Crippen molar-refractivity contribution in [2.45, 2.75) is 27.3 Å². The minimum Gasteiger partial charge on any atom is -0.462 e. The Morgan fingerprint density at radius 3 is 2.35 bits per heavy atom. The number of hydrogen-bond acceptors (Lipinski definition) is 8. The van der Waals surface area contributed by atoms with Gasteiger partial charge in [0.25, 0.3) is 5.56 Å². The van der Waals surface area contributed by atoms with E-state index in [-0.39, 0.29) is 19.8 Å². The fourth-order valence-corrected chi connectivity index (χ4v) is 3.96. The molecule has 1 aromatic carbocycles. The number of hydrogen-bond donors (Lipinski definition) is 1. The standard InChI is InChI=1S/C21H21N3O6S/c1-4-29-20(27)13-6-8-14(9-7-13)23-15(25)10-24-11-22-18-16(19(24)26)12(3)17(31-18)21(28)30-5-2/h6-9,11H,4-5,10H2,1-3H3,(H,23,25). The molecular formula is C21H21N3O6S. The Morgan fingerprint density at radius 1 is 1.06 bits per heavy atom. The van der Waals surface area contributed by atoms with E-state index < -0.39 is 23.4 Å². The fourth-order valence-electron chi connectivity index (χ4n) is 2.92. The number of anilines is 1. The van der Waals surface area contributed by atoms with Crippen LogP contribution in [0.5, 0.6) is 0 Å². The summed E-state index contributed by atoms with van der Waals surface area (Å²) in [6, 6.07) is 6.23. The highest BCUT2D eigenvalue weighted by Gasteiger charge is 2.20. The van der Waals surface area contributed by atoms with Gasteiger partial charge in [-0.15, -0.1) is 11.3 Å². The maximum atomic E-state index is 12.9. The number of aromatic nitrogens is 2. The van der Waals surface area contributed by atoms with E-state index in [1.165, 1.54) is 10.9 Å². The quantitative estimate of drug-likeness (QED) is 0.558. The van der Waals surface area contributed by atoms with E-state index in [9.17, 15) is 19.2 Å². The Kier molecular flexibility index (Phi) is 6.81. The smallest absolute Gasteiger partial charge is 0.348 e. The third-order valence-corrected chi connectivity index (χ3v) is 5.55. The number of rotatable bonds is 7. The molecular weight excluding hydrogens is 422 g/mol. The highest BCUT2D eigenvalue weighted by molar-refractivity contribution is 7.20. The van der Waals surface area contributed by atoms with E-state index in [4.69, 9.17) is 9.47 Å². The SMILES string of the molecule is CCOC(=O)c1ccc(NC(=O)Cn2cnc3sc(C(=O)OCC)c(C)c3c2=O)cc1. The molecule has 0 spiro atoms. The van der Waals surface area contributed by atoms with E-state index in [1.54, 1.807) is 45.0 Å². The highest BCUT2D eigenvalue weighted by atomic mass is 32.1. The molecule has 31 heavy (non-hydrogen) atoms. The normalized spacial score (nSPS) is 10.7. The van der Waals surface area contributed by atoms with Crippen molar-refractivity contribution in [2.24, 2.45) is 0 Å². The van der Waals surface area contributed by atoms with Gasteiger partial charge in [-0.2, -0.15) is 0 Å². The van der Waals surface area contributed by atoms with Crippen LogP contribution in [-0.2, 0) is 20.8 Å².